The van der Waals surface area contributed by atoms with E-state index >= 15 is 0 Å². The van der Waals surface area contributed by atoms with Gasteiger partial charge >= 0.3 is 0 Å². The lowest BCUT2D eigenvalue weighted by Gasteiger charge is -2.05. The maximum Gasteiger partial charge on any atom is 0.0466 e. The molecule has 0 amide bonds. The van der Waals surface area contributed by atoms with Gasteiger partial charge in [-0.1, -0.05) is 89.9 Å². The molecule has 2 N–H and O–H groups in total. The molecule has 0 spiro atoms. The molecule has 0 radical (unpaired) electrons. The van der Waals surface area contributed by atoms with E-state index in [1.807, 2.05) is 0 Å². The predicted octanol–water partition coefficient (Wildman–Crippen LogP) is 6.01. The number of rotatable bonds is 22. The van der Waals surface area contributed by atoms with Crippen molar-refractivity contribution in [2.45, 2.75) is 116 Å². The predicted molar refractivity (Wildman–Crippen MR) is 108 cm³/mol. The zero-order valence-corrected chi connectivity index (χ0v) is 16.9. The quantitative estimate of drug-likeness (QED) is 0.233. The highest BCUT2D eigenvalue weighted by Crippen LogP contribution is 2.11. The van der Waals surface area contributed by atoms with E-state index in [1.165, 1.54) is 103 Å². The fourth-order valence-electron chi connectivity index (χ4n) is 3.21. The third-order valence-corrected chi connectivity index (χ3v) is 4.89. The monoisotopic (exact) mass is 358 g/mol. The second-order valence-electron chi connectivity index (χ2n) is 7.42. The third-order valence-electron chi connectivity index (χ3n) is 4.89. The Morgan fingerprint density at radius 2 is 0.560 bits per heavy atom. The number of aliphatic hydroxyl groups is 2. The van der Waals surface area contributed by atoms with Gasteiger partial charge in [0.25, 0.3) is 0 Å². The van der Waals surface area contributed by atoms with Gasteiger partial charge in [0, 0.05) is 26.4 Å². The van der Waals surface area contributed by atoms with Gasteiger partial charge in [-0.05, 0) is 25.7 Å². The van der Waals surface area contributed by atoms with Crippen LogP contribution in [-0.4, -0.2) is 36.6 Å². The largest absolute Gasteiger partial charge is 0.396 e. The fraction of sp³-hybridized carbons (Fsp3) is 1.00. The van der Waals surface area contributed by atoms with E-state index in [9.17, 15) is 0 Å². The summed E-state index contributed by atoms with van der Waals surface area (Å²) in [6.45, 7) is 2.60. The van der Waals surface area contributed by atoms with Crippen LogP contribution in [0.1, 0.15) is 116 Å². The first-order valence-corrected chi connectivity index (χ1v) is 11.2. The van der Waals surface area contributed by atoms with Crippen molar-refractivity contribution in [2.75, 3.05) is 26.4 Å². The first kappa shape index (κ1) is 24.9. The summed E-state index contributed by atoms with van der Waals surface area (Å²) in [5.41, 5.74) is 0. The topological polar surface area (TPSA) is 49.7 Å². The Balaban J connectivity index is 2.94. The number of unbranched alkanes of at least 4 members (excludes halogenated alkanes) is 16. The van der Waals surface area contributed by atoms with Gasteiger partial charge in [0.1, 0.15) is 0 Å². The van der Waals surface area contributed by atoms with Crippen LogP contribution >= 0.6 is 0 Å². The van der Waals surface area contributed by atoms with Gasteiger partial charge in [-0.2, -0.15) is 0 Å². The number of hydrogen-bond acceptors (Lipinski definition) is 3. The van der Waals surface area contributed by atoms with Crippen LogP contribution in [0.4, 0.5) is 0 Å². The molecule has 0 saturated heterocycles. The lowest BCUT2D eigenvalue weighted by Crippen LogP contribution is -1.97. The minimum absolute atomic E-state index is 0.353. The molecule has 3 nitrogen and oxygen atoms in total. The molecule has 0 unspecified atom stereocenters. The van der Waals surface area contributed by atoms with Crippen molar-refractivity contribution in [2.24, 2.45) is 0 Å². The van der Waals surface area contributed by atoms with Gasteiger partial charge in [-0.15, -0.1) is 0 Å². The summed E-state index contributed by atoms with van der Waals surface area (Å²) in [6, 6.07) is 0. The SMILES string of the molecule is OCCCCCCCCCCCOCCCCCCCCCCCO. The van der Waals surface area contributed by atoms with E-state index in [-0.39, 0.29) is 0 Å². The van der Waals surface area contributed by atoms with Crippen LogP contribution in [0.5, 0.6) is 0 Å². The Hall–Kier alpha value is -0.120. The highest BCUT2D eigenvalue weighted by molar-refractivity contribution is 4.49. The summed E-state index contributed by atoms with van der Waals surface area (Å²) >= 11 is 0. The summed E-state index contributed by atoms with van der Waals surface area (Å²) < 4.78 is 5.73. The minimum atomic E-state index is 0.353. The zero-order chi connectivity index (χ0) is 18.3. The Bertz CT molecular complexity index is 199. The van der Waals surface area contributed by atoms with E-state index in [1.54, 1.807) is 0 Å². The van der Waals surface area contributed by atoms with Crippen molar-refractivity contribution < 1.29 is 14.9 Å². The highest BCUT2D eigenvalue weighted by Gasteiger charge is 1.95. The first-order chi connectivity index (χ1) is 12.4. The highest BCUT2D eigenvalue weighted by atomic mass is 16.5. The van der Waals surface area contributed by atoms with Crippen LogP contribution in [0.15, 0.2) is 0 Å². The summed E-state index contributed by atoms with van der Waals surface area (Å²) in [6.07, 6.45) is 22.8. The maximum absolute atomic E-state index is 8.71. The van der Waals surface area contributed by atoms with Crippen molar-refractivity contribution >= 4 is 0 Å². The average molecular weight is 359 g/mol. The van der Waals surface area contributed by atoms with Crippen molar-refractivity contribution in [3.05, 3.63) is 0 Å². The van der Waals surface area contributed by atoms with Gasteiger partial charge in [0.05, 0.1) is 0 Å². The Morgan fingerprint density at radius 1 is 0.320 bits per heavy atom. The molecule has 0 saturated carbocycles. The van der Waals surface area contributed by atoms with Crippen molar-refractivity contribution in [1.29, 1.82) is 0 Å². The molecule has 0 heterocycles. The van der Waals surface area contributed by atoms with Crippen LogP contribution in [0, 0.1) is 0 Å². The molecule has 0 aromatic carbocycles. The van der Waals surface area contributed by atoms with Crippen molar-refractivity contribution in [3.63, 3.8) is 0 Å². The average Bonchev–Trinajstić information content (AvgIpc) is 2.63. The van der Waals surface area contributed by atoms with E-state index < -0.39 is 0 Å². The molecule has 25 heavy (non-hydrogen) atoms. The Morgan fingerprint density at radius 3 is 0.840 bits per heavy atom. The van der Waals surface area contributed by atoms with E-state index in [4.69, 9.17) is 14.9 Å². The summed E-state index contributed by atoms with van der Waals surface area (Å²) in [5, 5.41) is 17.4. The second kappa shape index (κ2) is 23.9. The number of hydrogen-bond donors (Lipinski definition) is 2. The van der Waals surface area contributed by atoms with Crippen LogP contribution in [0.3, 0.4) is 0 Å². The standard InChI is InChI=1S/C22H46O3/c23-19-15-11-7-3-1-5-9-13-17-21-25-22-18-14-10-6-2-4-8-12-16-20-24/h23-24H,1-22H2. The molecular weight excluding hydrogens is 312 g/mol. The first-order valence-electron chi connectivity index (χ1n) is 11.2. The molecule has 0 aromatic heterocycles. The molecule has 3 heteroatoms. The van der Waals surface area contributed by atoms with E-state index in [2.05, 4.69) is 0 Å². The fourth-order valence-corrected chi connectivity index (χ4v) is 3.21. The van der Waals surface area contributed by atoms with E-state index in [0.29, 0.717) is 13.2 Å². The molecular formula is C22H46O3. The molecule has 152 valence electrons. The van der Waals surface area contributed by atoms with Crippen LogP contribution in [0.25, 0.3) is 0 Å². The van der Waals surface area contributed by atoms with E-state index in [0.717, 1.165) is 26.1 Å². The lowest BCUT2D eigenvalue weighted by atomic mass is 10.1. The molecule has 0 atom stereocenters. The van der Waals surface area contributed by atoms with Gasteiger partial charge in [0.15, 0.2) is 0 Å². The van der Waals surface area contributed by atoms with Crippen LogP contribution in [-0.2, 0) is 4.74 Å². The van der Waals surface area contributed by atoms with Gasteiger partial charge in [-0.25, -0.2) is 0 Å². The second-order valence-corrected chi connectivity index (χ2v) is 7.42. The molecule has 0 aliphatic rings. The Labute approximate surface area is 157 Å². The number of aliphatic hydroxyl groups excluding tert-OH is 2. The minimum Gasteiger partial charge on any atom is -0.396 e. The molecule has 0 bridgehead atoms. The third kappa shape index (κ3) is 23.9. The van der Waals surface area contributed by atoms with Crippen LogP contribution in [0.2, 0.25) is 0 Å². The molecule has 0 fully saturated rings. The van der Waals surface area contributed by atoms with Crippen molar-refractivity contribution in [3.8, 4) is 0 Å². The molecule has 0 rings (SSSR count). The summed E-state index contributed by atoms with van der Waals surface area (Å²) in [4.78, 5) is 0. The smallest absolute Gasteiger partial charge is 0.0466 e. The summed E-state index contributed by atoms with van der Waals surface area (Å²) in [7, 11) is 0. The number of ether oxygens (including phenoxy) is 1. The summed E-state index contributed by atoms with van der Waals surface area (Å²) in [5.74, 6) is 0. The zero-order valence-electron chi connectivity index (χ0n) is 16.9. The van der Waals surface area contributed by atoms with Gasteiger partial charge < -0.3 is 14.9 Å². The van der Waals surface area contributed by atoms with Gasteiger partial charge in [0.2, 0.25) is 0 Å². The molecule has 0 aliphatic carbocycles. The Kier molecular flexibility index (Phi) is 23.8. The maximum atomic E-state index is 8.71. The van der Waals surface area contributed by atoms with Crippen LogP contribution < -0.4 is 0 Å². The molecule has 0 aromatic rings. The normalized spacial score (nSPS) is 11.3. The molecule has 0 aliphatic heterocycles. The van der Waals surface area contributed by atoms with Gasteiger partial charge in [-0.3, -0.25) is 0 Å². The lowest BCUT2D eigenvalue weighted by molar-refractivity contribution is 0.125. The van der Waals surface area contributed by atoms with Crippen molar-refractivity contribution in [1.82, 2.24) is 0 Å².